The maximum atomic E-state index is 12.8. The van der Waals surface area contributed by atoms with E-state index in [0.29, 0.717) is 12.2 Å². The Kier molecular flexibility index (Phi) is 6.95. The number of carbonyl (C=O) groups is 2. The summed E-state index contributed by atoms with van der Waals surface area (Å²) in [6.07, 6.45) is 0.814. The van der Waals surface area contributed by atoms with Gasteiger partial charge in [-0.15, -0.1) is 0 Å². The number of hydrogen-bond acceptors (Lipinski definition) is 3. The van der Waals surface area contributed by atoms with Crippen LogP contribution in [-0.2, 0) is 16.0 Å². The summed E-state index contributed by atoms with van der Waals surface area (Å²) in [4.78, 5) is 23.2. The van der Waals surface area contributed by atoms with Crippen LogP contribution in [0.4, 0.5) is 4.39 Å². The minimum atomic E-state index is -1.07. The van der Waals surface area contributed by atoms with E-state index in [2.05, 4.69) is 5.32 Å². The van der Waals surface area contributed by atoms with Gasteiger partial charge in [0.25, 0.3) is 0 Å². The molecule has 5 nitrogen and oxygen atoms in total. The monoisotopic (exact) mass is 345 g/mol. The number of carbonyl (C=O) groups excluding carboxylic acids is 1. The number of amides is 1. The fourth-order valence-electron chi connectivity index (χ4n) is 2.27. The second-order valence-electron chi connectivity index (χ2n) is 5.55. The van der Waals surface area contributed by atoms with Crippen LogP contribution in [0.3, 0.4) is 0 Å². The van der Waals surface area contributed by atoms with Gasteiger partial charge in [-0.05, 0) is 36.2 Å². The van der Waals surface area contributed by atoms with Crippen LogP contribution >= 0.6 is 0 Å². The van der Waals surface area contributed by atoms with E-state index in [9.17, 15) is 19.1 Å². The van der Waals surface area contributed by atoms with Crippen molar-refractivity contribution in [3.8, 4) is 5.75 Å². The van der Waals surface area contributed by atoms with E-state index in [1.165, 1.54) is 24.3 Å². The molecule has 0 aliphatic carbocycles. The molecule has 0 radical (unpaired) electrons. The summed E-state index contributed by atoms with van der Waals surface area (Å²) in [5.41, 5.74) is 0.842. The van der Waals surface area contributed by atoms with Crippen LogP contribution in [-0.4, -0.2) is 29.6 Å². The Balaban J connectivity index is 1.73. The van der Waals surface area contributed by atoms with Crippen LogP contribution in [0, 0.1) is 5.82 Å². The Bertz CT molecular complexity index is 688. The number of ether oxygens (including phenoxy) is 1. The molecule has 0 spiro atoms. The van der Waals surface area contributed by atoms with Gasteiger partial charge in [0.2, 0.25) is 5.91 Å². The van der Waals surface area contributed by atoms with Crippen molar-refractivity contribution in [3.63, 3.8) is 0 Å². The van der Waals surface area contributed by atoms with Gasteiger partial charge in [-0.3, -0.25) is 4.79 Å². The molecule has 132 valence electrons. The van der Waals surface area contributed by atoms with E-state index < -0.39 is 12.0 Å². The zero-order valence-corrected chi connectivity index (χ0v) is 13.7. The molecule has 0 saturated heterocycles. The highest BCUT2D eigenvalue weighted by atomic mass is 19.1. The number of benzene rings is 2. The molecular weight excluding hydrogens is 325 g/mol. The van der Waals surface area contributed by atoms with E-state index in [1.807, 2.05) is 30.3 Å². The third-order valence-corrected chi connectivity index (χ3v) is 3.55. The number of aliphatic carboxylic acids is 1. The predicted molar refractivity (Wildman–Crippen MR) is 90.8 cm³/mol. The van der Waals surface area contributed by atoms with Crippen molar-refractivity contribution in [1.29, 1.82) is 0 Å². The molecule has 25 heavy (non-hydrogen) atoms. The molecule has 0 aromatic heterocycles. The maximum absolute atomic E-state index is 12.8. The summed E-state index contributed by atoms with van der Waals surface area (Å²) in [6.45, 7) is 0.287. The lowest BCUT2D eigenvalue weighted by Gasteiger charge is -2.14. The summed E-state index contributed by atoms with van der Waals surface area (Å²) in [5.74, 6) is -1.23. The Morgan fingerprint density at radius 3 is 2.40 bits per heavy atom. The highest BCUT2D eigenvalue weighted by Crippen LogP contribution is 2.11. The molecule has 0 heterocycles. The van der Waals surface area contributed by atoms with Gasteiger partial charge in [0.15, 0.2) is 0 Å². The van der Waals surface area contributed by atoms with Crippen LogP contribution in [0.2, 0.25) is 0 Å². The topological polar surface area (TPSA) is 75.6 Å². The van der Waals surface area contributed by atoms with E-state index in [4.69, 9.17) is 4.74 Å². The SMILES string of the molecule is O=C(CCCOc1ccc(F)cc1)N[C@@H](Cc1ccccc1)C(=O)O. The quantitative estimate of drug-likeness (QED) is 0.685. The highest BCUT2D eigenvalue weighted by Gasteiger charge is 2.20. The van der Waals surface area contributed by atoms with Crippen molar-refractivity contribution in [2.45, 2.75) is 25.3 Å². The van der Waals surface area contributed by atoms with E-state index >= 15 is 0 Å². The van der Waals surface area contributed by atoms with Crippen LogP contribution in [0.25, 0.3) is 0 Å². The average Bonchev–Trinajstić information content (AvgIpc) is 2.60. The number of halogens is 1. The first-order chi connectivity index (χ1) is 12.0. The zero-order chi connectivity index (χ0) is 18.1. The molecule has 0 fully saturated rings. The van der Waals surface area contributed by atoms with Gasteiger partial charge in [-0.1, -0.05) is 30.3 Å². The first-order valence-electron chi connectivity index (χ1n) is 7.99. The molecule has 1 atom stereocenters. The van der Waals surface area contributed by atoms with Gasteiger partial charge in [0, 0.05) is 12.8 Å². The van der Waals surface area contributed by atoms with Gasteiger partial charge < -0.3 is 15.2 Å². The molecule has 0 saturated carbocycles. The highest BCUT2D eigenvalue weighted by molar-refractivity contribution is 5.83. The van der Waals surface area contributed by atoms with Crippen molar-refractivity contribution < 1.29 is 23.8 Å². The second-order valence-corrected chi connectivity index (χ2v) is 5.55. The smallest absolute Gasteiger partial charge is 0.326 e. The fourth-order valence-corrected chi connectivity index (χ4v) is 2.27. The molecule has 2 aromatic carbocycles. The molecule has 1 amide bonds. The van der Waals surface area contributed by atoms with Crippen molar-refractivity contribution in [1.82, 2.24) is 5.32 Å². The van der Waals surface area contributed by atoms with Crippen LogP contribution in [0.1, 0.15) is 18.4 Å². The Hall–Kier alpha value is -2.89. The third-order valence-electron chi connectivity index (χ3n) is 3.55. The Morgan fingerprint density at radius 2 is 1.76 bits per heavy atom. The molecule has 0 aliphatic rings. The predicted octanol–water partition coefficient (Wildman–Crippen LogP) is 2.80. The maximum Gasteiger partial charge on any atom is 0.326 e. The van der Waals surface area contributed by atoms with Gasteiger partial charge in [0.1, 0.15) is 17.6 Å². The standard InChI is InChI=1S/C19H20FNO4/c20-15-8-10-16(11-9-15)25-12-4-7-18(22)21-17(19(23)24)13-14-5-2-1-3-6-14/h1-3,5-6,8-11,17H,4,7,12-13H2,(H,21,22)(H,23,24)/t17-/m0/s1. The number of hydrogen-bond donors (Lipinski definition) is 2. The van der Waals surface area contributed by atoms with E-state index in [-0.39, 0.29) is 31.2 Å². The lowest BCUT2D eigenvalue weighted by Crippen LogP contribution is -2.42. The molecular formula is C19H20FNO4. The van der Waals surface area contributed by atoms with Crippen molar-refractivity contribution in [3.05, 3.63) is 66.0 Å². The summed E-state index contributed by atoms with van der Waals surface area (Å²) in [6, 6.07) is 13.8. The molecule has 2 N–H and O–H groups in total. The van der Waals surface area contributed by atoms with E-state index in [1.54, 1.807) is 0 Å². The zero-order valence-electron chi connectivity index (χ0n) is 13.7. The summed E-state index contributed by atoms with van der Waals surface area (Å²) in [5, 5.41) is 11.8. The summed E-state index contributed by atoms with van der Waals surface area (Å²) < 4.78 is 18.2. The summed E-state index contributed by atoms with van der Waals surface area (Å²) in [7, 11) is 0. The van der Waals surface area contributed by atoms with Gasteiger partial charge in [-0.2, -0.15) is 0 Å². The minimum Gasteiger partial charge on any atom is -0.494 e. The van der Waals surface area contributed by atoms with Crippen molar-refractivity contribution >= 4 is 11.9 Å². The second kappa shape index (κ2) is 9.42. The van der Waals surface area contributed by atoms with Crippen molar-refractivity contribution in [2.75, 3.05) is 6.61 Å². The lowest BCUT2D eigenvalue weighted by atomic mass is 10.1. The van der Waals surface area contributed by atoms with Gasteiger partial charge in [-0.25, -0.2) is 9.18 Å². The van der Waals surface area contributed by atoms with Crippen molar-refractivity contribution in [2.24, 2.45) is 0 Å². The normalized spacial score (nSPS) is 11.6. The molecule has 0 aliphatic heterocycles. The van der Waals surface area contributed by atoms with E-state index in [0.717, 1.165) is 5.56 Å². The molecule has 0 unspecified atom stereocenters. The number of rotatable bonds is 9. The Labute approximate surface area is 145 Å². The largest absolute Gasteiger partial charge is 0.494 e. The number of nitrogens with one attached hydrogen (secondary N) is 1. The summed E-state index contributed by atoms with van der Waals surface area (Å²) >= 11 is 0. The van der Waals surface area contributed by atoms with Crippen LogP contribution in [0.5, 0.6) is 5.75 Å². The number of carboxylic acid groups (broad SMARTS) is 1. The molecule has 2 aromatic rings. The molecule has 6 heteroatoms. The third kappa shape index (κ3) is 6.63. The molecule has 0 bridgehead atoms. The van der Waals surface area contributed by atoms with Crippen LogP contribution < -0.4 is 10.1 Å². The Morgan fingerprint density at radius 1 is 1.08 bits per heavy atom. The molecule has 2 rings (SSSR count). The lowest BCUT2D eigenvalue weighted by molar-refractivity contribution is -0.141. The number of carboxylic acids is 1. The first kappa shape index (κ1) is 18.4. The van der Waals surface area contributed by atoms with Gasteiger partial charge in [0.05, 0.1) is 6.61 Å². The van der Waals surface area contributed by atoms with Gasteiger partial charge >= 0.3 is 5.97 Å². The van der Waals surface area contributed by atoms with Crippen LogP contribution in [0.15, 0.2) is 54.6 Å². The first-order valence-corrected chi connectivity index (χ1v) is 7.99. The average molecular weight is 345 g/mol. The minimum absolute atomic E-state index is 0.153. The fraction of sp³-hybridized carbons (Fsp3) is 0.263.